The highest BCUT2D eigenvalue weighted by Gasteiger charge is 2.25. The fourth-order valence-electron chi connectivity index (χ4n) is 3.81. The lowest BCUT2D eigenvalue weighted by Crippen LogP contribution is -2.42. The molecule has 0 radical (unpaired) electrons. The van der Waals surface area contributed by atoms with Crippen molar-refractivity contribution >= 4 is 27.4 Å². The topological polar surface area (TPSA) is 41.5 Å². The van der Waals surface area contributed by atoms with Crippen LogP contribution in [0.15, 0.2) is 35.7 Å². The van der Waals surface area contributed by atoms with Crippen molar-refractivity contribution in [2.45, 2.75) is 25.5 Å². The molecular formula is C21H26N4OS. The Kier molecular flexibility index (Phi) is 5.38. The molecule has 2 aromatic heterocycles. The quantitative estimate of drug-likeness (QED) is 0.666. The van der Waals surface area contributed by atoms with E-state index < -0.39 is 0 Å². The van der Waals surface area contributed by atoms with E-state index in [4.69, 9.17) is 14.7 Å². The normalized spacial score (nSPS) is 15.8. The van der Waals surface area contributed by atoms with Crippen molar-refractivity contribution in [1.82, 2.24) is 14.9 Å². The van der Waals surface area contributed by atoms with E-state index in [1.165, 1.54) is 16.5 Å². The van der Waals surface area contributed by atoms with Crippen LogP contribution >= 0.6 is 11.3 Å². The SMILES string of the molecule is COCc1nc(N2CCC(N(C)C)CC2)c2c(-c3ccccc3)csc2n1. The molecule has 1 aromatic carbocycles. The molecule has 0 spiro atoms. The van der Waals surface area contributed by atoms with E-state index in [0.29, 0.717) is 12.6 Å². The number of aromatic nitrogens is 2. The minimum absolute atomic E-state index is 0.440. The second-order valence-electron chi connectivity index (χ2n) is 7.27. The van der Waals surface area contributed by atoms with Crippen LogP contribution in [-0.4, -0.2) is 55.2 Å². The smallest absolute Gasteiger partial charge is 0.158 e. The largest absolute Gasteiger partial charge is 0.377 e. The van der Waals surface area contributed by atoms with Gasteiger partial charge < -0.3 is 14.5 Å². The Hall–Kier alpha value is -2.02. The van der Waals surface area contributed by atoms with Gasteiger partial charge in [0.2, 0.25) is 0 Å². The molecule has 1 saturated heterocycles. The van der Waals surface area contributed by atoms with Crippen LogP contribution in [0, 0.1) is 0 Å². The van der Waals surface area contributed by atoms with Crippen molar-refractivity contribution < 1.29 is 4.74 Å². The second kappa shape index (κ2) is 7.92. The van der Waals surface area contributed by atoms with Crippen LogP contribution in [-0.2, 0) is 11.3 Å². The number of anilines is 1. The molecule has 3 aromatic rings. The van der Waals surface area contributed by atoms with Crippen molar-refractivity contribution in [1.29, 1.82) is 0 Å². The van der Waals surface area contributed by atoms with Crippen molar-refractivity contribution in [3.8, 4) is 11.1 Å². The summed E-state index contributed by atoms with van der Waals surface area (Å²) in [7, 11) is 6.04. The van der Waals surface area contributed by atoms with E-state index in [1.54, 1.807) is 18.4 Å². The third-order valence-electron chi connectivity index (χ3n) is 5.31. The van der Waals surface area contributed by atoms with Crippen LogP contribution < -0.4 is 4.90 Å². The van der Waals surface area contributed by atoms with E-state index in [-0.39, 0.29) is 0 Å². The summed E-state index contributed by atoms with van der Waals surface area (Å²) in [5.74, 6) is 1.82. The molecule has 0 aliphatic carbocycles. The second-order valence-corrected chi connectivity index (χ2v) is 8.13. The predicted molar refractivity (Wildman–Crippen MR) is 112 cm³/mol. The van der Waals surface area contributed by atoms with Crippen LogP contribution in [0.5, 0.6) is 0 Å². The Morgan fingerprint density at radius 2 is 1.89 bits per heavy atom. The summed E-state index contributed by atoms with van der Waals surface area (Å²) in [6, 6.07) is 11.2. The number of methoxy groups -OCH3 is 1. The van der Waals surface area contributed by atoms with Gasteiger partial charge in [0.15, 0.2) is 5.82 Å². The number of nitrogens with zero attached hydrogens (tertiary/aromatic N) is 4. The molecule has 6 heteroatoms. The molecule has 0 unspecified atom stereocenters. The van der Waals surface area contributed by atoms with Gasteiger partial charge in [0.25, 0.3) is 0 Å². The van der Waals surface area contributed by atoms with Gasteiger partial charge in [-0.25, -0.2) is 9.97 Å². The van der Waals surface area contributed by atoms with Crippen LogP contribution in [0.25, 0.3) is 21.3 Å². The maximum atomic E-state index is 5.31. The number of rotatable bonds is 5. The lowest BCUT2D eigenvalue weighted by molar-refractivity contribution is 0.178. The number of fused-ring (bicyclic) bond motifs is 1. The zero-order chi connectivity index (χ0) is 18.8. The Balaban J connectivity index is 1.78. The standard InChI is InChI=1S/C21H26N4OS/c1-24(2)16-9-11-25(12-10-16)20-19-17(15-7-5-4-6-8-15)14-27-21(19)23-18(22-20)13-26-3/h4-8,14,16H,9-13H2,1-3H3. The van der Waals surface area contributed by atoms with Gasteiger partial charge in [0.1, 0.15) is 17.3 Å². The summed E-state index contributed by atoms with van der Waals surface area (Å²) in [5.41, 5.74) is 2.44. The first kappa shape index (κ1) is 18.3. The van der Waals surface area contributed by atoms with Gasteiger partial charge >= 0.3 is 0 Å². The molecule has 0 amide bonds. The summed E-state index contributed by atoms with van der Waals surface area (Å²) < 4.78 is 5.31. The zero-order valence-electron chi connectivity index (χ0n) is 16.2. The predicted octanol–water partition coefficient (Wildman–Crippen LogP) is 4.04. The third-order valence-corrected chi connectivity index (χ3v) is 6.19. The number of thiophene rings is 1. The highest BCUT2D eigenvalue weighted by Crippen LogP contribution is 2.39. The van der Waals surface area contributed by atoms with Crippen LogP contribution in [0.2, 0.25) is 0 Å². The Bertz CT molecular complexity index is 901. The van der Waals surface area contributed by atoms with Crippen molar-refractivity contribution in [3.05, 3.63) is 41.5 Å². The maximum Gasteiger partial charge on any atom is 0.158 e. The number of hydrogen-bond acceptors (Lipinski definition) is 6. The monoisotopic (exact) mass is 382 g/mol. The summed E-state index contributed by atoms with van der Waals surface area (Å²) in [4.78, 5) is 15.5. The lowest BCUT2D eigenvalue weighted by Gasteiger charge is -2.36. The van der Waals surface area contributed by atoms with Crippen molar-refractivity contribution in [2.24, 2.45) is 0 Å². The minimum Gasteiger partial charge on any atom is -0.377 e. The third kappa shape index (κ3) is 3.70. The van der Waals surface area contributed by atoms with Gasteiger partial charge in [-0.05, 0) is 32.5 Å². The van der Waals surface area contributed by atoms with Crippen LogP contribution in [0.1, 0.15) is 18.7 Å². The highest BCUT2D eigenvalue weighted by molar-refractivity contribution is 7.17. The van der Waals surface area contributed by atoms with E-state index in [0.717, 1.165) is 42.4 Å². The van der Waals surface area contributed by atoms with Crippen LogP contribution in [0.4, 0.5) is 5.82 Å². The van der Waals surface area contributed by atoms with Crippen LogP contribution in [0.3, 0.4) is 0 Å². The molecule has 0 bridgehead atoms. The van der Waals surface area contributed by atoms with Gasteiger partial charge in [-0.2, -0.15) is 0 Å². The van der Waals surface area contributed by atoms with Gasteiger partial charge in [0, 0.05) is 37.2 Å². The van der Waals surface area contributed by atoms with E-state index in [1.807, 2.05) is 0 Å². The number of ether oxygens (including phenoxy) is 1. The first-order valence-electron chi connectivity index (χ1n) is 9.41. The Morgan fingerprint density at radius 3 is 2.56 bits per heavy atom. The number of piperidine rings is 1. The molecular weight excluding hydrogens is 356 g/mol. The van der Waals surface area contributed by atoms with Gasteiger partial charge in [0.05, 0.1) is 5.39 Å². The maximum absolute atomic E-state index is 5.31. The summed E-state index contributed by atoms with van der Waals surface area (Å²) >= 11 is 1.69. The first-order valence-corrected chi connectivity index (χ1v) is 10.3. The molecule has 1 aliphatic heterocycles. The molecule has 0 atom stereocenters. The summed E-state index contributed by atoms with van der Waals surface area (Å²) in [6.07, 6.45) is 2.31. The molecule has 142 valence electrons. The molecule has 0 saturated carbocycles. The number of benzene rings is 1. The Labute approximate surface area is 164 Å². The van der Waals surface area contributed by atoms with Gasteiger partial charge in [-0.1, -0.05) is 30.3 Å². The zero-order valence-corrected chi connectivity index (χ0v) is 17.0. The number of hydrogen-bond donors (Lipinski definition) is 0. The highest BCUT2D eigenvalue weighted by atomic mass is 32.1. The average Bonchev–Trinajstić information content (AvgIpc) is 3.12. The van der Waals surface area contributed by atoms with Crippen molar-refractivity contribution in [3.63, 3.8) is 0 Å². The lowest BCUT2D eigenvalue weighted by atomic mass is 10.0. The molecule has 4 rings (SSSR count). The molecule has 1 fully saturated rings. The van der Waals surface area contributed by atoms with E-state index in [2.05, 4.69) is 59.6 Å². The fraction of sp³-hybridized carbons (Fsp3) is 0.429. The van der Waals surface area contributed by atoms with Crippen molar-refractivity contribution in [2.75, 3.05) is 39.2 Å². The molecule has 1 aliphatic rings. The van der Waals surface area contributed by atoms with E-state index >= 15 is 0 Å². The van der Waals surface area contributed by atoms with E-state index in [9.17, 15) is 0 Å². The average molecular weight is 383 g/mol. The molecule has 0 N–H and O–H groups in total. The minimum atomic E-state index is 0.440. The molecule has 3 heterocycles. The van der Waals surface area contributed by atoms with Gasteiger partial charge in [-0.3, -0.25) is 0 Å². The Morgan fingerprint density at radius 1 is 1.15 bits per heavy atom. The van der Waals surface area contributed by atoms with Gasteiger partial charge in [-0.15, -0.1) is 11.3 Å². The molecule has 27 heavy (non-hydrogen) atoms. The summed E-state index contributed by atoms with van der Waals surface area (Å²) in [5, 5.41) is 3.38. The first-order chi connectivity index (χ1) is 13.2. The fourth-order valence-corrected chi connectivity index (χ4v) is 4.77. The molecule has 5 nitrogen and oxygen atoms in total. The summed E-state index contributed by atoms with van der Waals surface area (Å²) in [6.45, 7) is 2.48.